The molecule has 2 fully saturated rings. The van der Waals surface area contributed by atoms with Gasteiger partial charge >= 0.3 is 0 Å². The van der Waals surface area contributed by atoms with Gasteiger partial charge in [-0.2, -0.15) is 0 Å². The molecule has 0 aromatic heterocycles. The predicted octanol–water partition coefficient (Wildman–Crippen LogP) is 9.16. The summed E-state index contributed by atoms with van der Waals surface area (Å²) in [7, 11) is 0. The van der Waals surface area contributed by atoms with Gasteiger partial charge in [-0.3, -0.25) is 0 Å². The Bertz CT molecular complexity index is 381. The van der Waals surface area contributed by atoms with E-state index in [9.17, 15) is 0 Å². The Balaban J connectivity index is 1.69. The molecule has 4 unspecified atom stereocenters. The van der Waals surface area contributed by atoms with Gasteiger partial charge in [-0.05, 0) is 51.4 Å². The number of hydrogen-bond acceptors (Lipinski definition) is 3. The van der Waals surface area contributed by atoms with Gasteiger partial charge in [0, 0.05) is 13.2 Å². The molecule has 33 heavy (non-hydrogen) atoms. The molecule has 0 aromatic carbocycles. The van der Waals surface area contributed by atoms with E-state index in [1.165, 1.54) is 141 Å². The van der Waals surface area contributed by atoms with Crippen LogP contribution in [-0.4, -0.2) is 37.6 Å². The maximum absolute atomic E-state index is 6.88. The molecule has 4 atom stereocenters. The Morgan fingerprint density at radius 3 is 1.21 bits per heavy atom. The van der Waals surface area contributed by atoms with Crippen molar-refractivity contribution in [2.45, 2.75) is 180 Å². The summed E-state index contributed by atoms with van der Waals surface area (Å²) in [5.41, 5.74) is 0. The van der Waals surface area contributed by atoms with Crippen LogP contribution in [-0.2, 0) is 14.2 Å². The Hall–Kier alpha value is -0.120. The highest BCUT2D eigenvalue weighted by Gasteiger charge is 2.20. The number of rotatable bonds is 24. The standard InChI is InChI=1S/C30H58O3/c1-3-5-7-11-19-29(21-15-9-13-17-27-23-25-31-27)33-30(20-12-8-6-4-2)22-16-10-14-18-28-24-26-32-28/h27-30H,3-26H2,1-2H3. The minimum Gasteiger partial charge on any atom is -0.378 e. The molecule has 0 amide bonds. The average molecular weight is 467 g/mol. The predicted molar refractivity (Wildman–Crippen MR) is 141 cm³/mol. The largest absolute Gasteiger partial charge is 0.378 e. The molecule has 2 aliphatic rings. The van der Waals surface area contributed by atoms with Gasteiger partial charge in [-0.25, -0.2) is 0 Å². The van der Waals surface area contributed by atoms with Crippen molar-refractivity contribution in [2.24, 2.45) is 0 Å². The third kappa shape index (κ3) is 14.8. The van der Waals surface area contributed by atoms with Gasteiger partial charge in [-0.15, -0.1) is 0 Å². The topological polar surface area (TPSA) is 27.7 Å². The minimum absolute atomic E-state index is 0.487. The molecule has 2 aliphatic heterocycles. The molecule has 2 saturated heterocycles. The van der Waals surface area contributed by atoms with Crippen molar-refractivity contribution in [2.75, 3.05) is 13.2 Å². The smallest absolute Gasteiger partial charge is 0.0597 e. The number of unbranched alkanes of at least 4 members (excludes halogenated alkanes) is 10. The van der Waals surface area contributed by atoms with E-state index in [0.717, 1.165) is 13.2 Å². The fourth-order valence-corrected chi connectivity index (χ4v) is 5.30. The van der Waals surface area contributed by atoms with Crippen LogP contribution in [0.4, 0.5) is 0 Å². The van der Waals surface area contributed by atoms with E-state index < -0.39 is 0 Å². The quantitative estimate of drug-likeness (QED) is 0.133. The first-order valence-corrected chi connectivity index (χ1v) is 15.2. The van der Waals surface area contributed by atoms with Crippen LogP contribution in [0.1, 0.15) is 155 Å². The summed E-state index contributed by atoms with van der Waals surface area (Å²) in [5, 5.41) is 0. The third-order valence-corrected chi connectivity index (χ3v) is 7.84. The van der Waals surface area contributed by atoms with E-state index in [4.69, 9.17) is 14.2 Å². The van der Waals surface area contributed by atoms with E-state index in [0.29, 0.717) is 24.4 Å². The molecule has 0 bridgehead atoms. The lowest BCUT2D eigenvalue weighted by Gasteiger charge is -2.27. The van der Waals surface area contributed by atoms with Crippen LogP contribution in [0.2, 0.25) is 0 Å². The van der Waals surface area contributed by atoms with Crippen molar-refractivity contribution in [1.29, 1.82) is 0 Å². The van der Waals surface area contributed by atoms with Crippen LogP contribution in [0.5, 0.6) is 0 Å². The summed E-state index contributed by atoms with van der Waals surface area (Å²) in [5.74, 6) is 0. The first-order valence-electron chi connectivity index (χ1n) is 15.2. The SMILES string of the molecule is CCCCCCC(CCCCCC1CCO1)OC(CCCCCC)CCCCCC1CCO1. The maximum Gasteiger partial charge on any atom is 0.0597 e. The molecule has 196 valence electrons. The zero-order valence-electron chi connectivity index (χ0n) is 22.5. The van der Waals surface area contributed by atoms with E-state index in [-0.39, 0.29) is 0 Å². The molecule has 0 spiro atoms. The fraction of sp³-hybridized carbons (Fsp3) is 1.00. The van der Waals surface area contributed by atoms with Crippen molar-refractivity contribution in [3.63, 3.8) is 0 Å². The Morgan fingerprint density at radius 1 is 0.545 bits per heavy atom. The number of hydrogen-bond donors (Lipinski definition) is 0. The summed E-state index contributed by atoms with van der Waals surface area (Å²) >= 11 is 0. The summed E-state index contributed by atoms with van der Waals surface area (Å²) in [6.45, 7) is 6.60. The molecule has 2 rings (SSSR count). The monoisotopic (exact) mass is 466 g/mol. The molecule has 3 heteroatoms. The van der Waals surface area contributed by atoms with Crippen LogP contribution >= 0.6 is 0 Å². The fourth-order valence-electron chi connectivity index (χ4n) is 5.30. The van der Waals surface area contributed by atoms with E-state index in [1.54, 1.807) is 0 Å². The summed E-state index contributed by atoms with van der Waals surface area (Å²) in [6, 6.07) is 0. The highest BCUT2D eigenvalue weighted by Crippen LogP contribution is 2.24. The lowest BCUT2D eigenvalue weighted by Crippen LogP contribution is -2.26. The lowest BCUT2D eigenvalue weighted by atomic mass is 9.99. The second-order valence-corrected chi connectivity index (χ2v) is 10.9. The van der Waals surface area contributed by atoms with Gasteiger partial charge in [0.25, 0.3) is 0 Å². The summed E-state index contributed by atoms with van der Waals surface area (Å²) in [6.07, 6.45) is 31.2. The molecule has 0 saturated carbocycles. The molecular weight excluding hydrogens is 408 g/mol. The maximum atomic E-state index is 6.88. The Morgan fingerprint density at radius 2 is 0.909 bits per heavy atom. The van der Waals surface area contributed by atoms with Crippen molar-refractivity contribution in [3.05, 3.63) is 0 Å². The van der Waals surface area contributed by atoms with E-state index in [2.05, 4.69) is 13.8 Å². The molecular formula is C30H58O3. The normalized spacial score (nSPS) is 22.0. The van der Waals surface area contributed by atoms with Crippen LogP contribution in [0.25, 0.3) is 0 Å². The van der Waals surface area contributed by atoms with Gasteiger partial charge in [0.2, 0.25) is 0 Å². The van der Waals surface area contributed by atoms with E-state index >= 15 is 0 Å². The molecule has 0 radical (unpaired) electrons. The Labute approximate surface area is 207 Å². The summed E-state index contributed by atoms with van der Waals surface area (Å²) in [4.78, 5) is 0. The second-order valence-electron chi connectivity index (χ2n) is 10.9. The third-order valence-electron chi connectivity index (χ3n) is 7.84. The van der Waals surface area contributed by atoms with Gasteiger partial charge in [-0.1, -0.05) is 104 Å². The first kappa shape index (κ1) is 29.1. The van der Waals surface area contributed by atoms with Crippen LogP contribution < -0.4 is 0 Å². The van der Waals surface area contributed by atoms with Crippen LogP contribution in [0, 0.1) is 0 Å². The van der Waals surface area contributed by atoms with Gasteiger partial charge in [0.05, 0.1) is 24.4 Å². The molecule has 0 aliphatic carbocycles. The summed E-state index contributed by atoms with van der Waals surface area (Å²) < 4.78 is 18.1. The number of ether oxygens (including phenoxy) is 3. The molecule has 2 heterocycles. The van der Waals surface area contributed by atoms with Gasteiger partial charge in [0.15, 0.2) is 0 Å². The van der Waals surface area contributed by atoms with Gasteiger partial charge < -0.3 is 14.2 Å². The van der Waals surface area contributed by atoms with Crippen molar-refractivity contribution < 1.29 is 14.2 Å². The zero-order chi connectivity index (χ0) is 23.4. The highest BCUT2D eigenvalue weighted by molar-refractivity contribution is 4.70. The zero-order valence-corrected chi connectivity index (χ0v) is 22.5. The molecule has 0 N–H and O–H groups in total. The van der Waals surface area contributed by atoms with Gasteiger partial charge in [0.1, 0.15) is 0 Å². The minimum atomic E-state index is 0.487. The average Bonchev–Trinajstić information content (AvgIpc) is 2.75. The van der Waals surface area contributed by atoms with E-state index in [1.807, 2.05) is 0 Å². The van der Waals surface area contributed by atoms with Crippen molar-refractivity contribution in [1.82, 2.24) is 0 Å². The molecule has 3 nitrogen and oxygen atoms in total. The Kier molecular flexibility index (Phi) is 17.7. The lowest BCUT2D eigenvalue weighted by molar-refractivity contribution is -0.0563. The highest BCUT2D eigenvalue weighted by atomic mass is 16.5. The van der Waals surface area contributed by atoms with Crippen LogP contribution in [0.3, 0.4) is 0 Å². The van der Waals surface area contributed by atoms with Crippen LogP contribution in [0.15, 0.2) is 0 Å². The second kappa shape index (κ2) is 20.1. The first-order chi connectivity index (χ1) is 16.3. The van der Waals surface area contributed by atoms with Crippen molar-refractivity contribution >= 4 is 0 Å². The van der Waals surface area contributed by atoms with Crippen molar-refractivity contribution in [3.8, 4) is 0 Å². The molecule has 0 aromatic rings.